The summed E-state index contributed by atoms with van der Waals surface area (Å²) in [4.78, 5) is 23.5. The number of nitrogens with zero attached hydrogens (tertiary/aromatic N) is 1. The molecule has 0 N–H and O–H groups in total. The highest BCUT2D eigenvalue weighted by Gasteiger charge is 2.72. The molecule has 4 bridgehead atoms. The number of rotatable bonds is 3. The summed E-state index contributed by atoms with van der Waals surface area (Å²) in [5.41, 5.74) is 2.83. The monoisotopic (exact) mass is 375 g/mol. The van der Waals surface area contributed by atoms with E-state index in [2.05, 4.69) is 24.3 Å². The first-order valence-electron chi connectivity index (χ1n) is 10.2. The van der Waals surface area contributed by atoms with Gasteiger partial charge >= 0.3 is 5.97 Å². The number of hydrogen-bond acceptors (Lipinski definition) is 4. The maximum Gasteiger partial charge on any atom is 0.338 e. The molecule has 0 aromatic heterocycles. The molecule has 0 unspecified atom stereocenters. The molecule has 4 aliphatic rings. The van der Waals surface area contributed by atoms with Crippen LogP contribution >= 0.6 is 0 Å². The fourth-order valence-corrected chi connectivity index (χ4v) is 7.16. The second-order valence-corrected chi connectivity index (χ2v) is 8.87. The zero-order valence-corrected chi connectivity index (χ0v) is 15.4. The van der Waals surface area contributed by atoms with Crippen LogP contribution in [0.5, 0.6) is 0 Å². The summed E-state index contributed by atoms with van der Waals surface area (Å²) in [6.45, 7) is 0. The first-order valence-corrected chi connectivity index (χ1v) is 10.2. The van der Waals surface area contributed by atoms with Gasteiger partial charge in [-0.1, -0.05) is 24.3 Å². The van der Waals surface area contributed by atoms with Crippen molar-refractivity contribution in [2.24, 2.45) is 17.8 Å². The van der Waals surface area contributed by atoms with Crippen LogP contribution in [0.3, 0.4) is 0 Å². The Labute approximate surface area is 162 Å². The van der Waals surface area contributed by atoms with Crippen LogP contribution in [0.25, 0.3) is 0 Å². The highest BCUT2D eigenvalue weighted by molar-refractivity contribution is 5.90. The van der Waals surface area contributed by atoms with E-state index in [0.717, 1.165) is 12.8 Å². The highest BCUT2D eigenvalue weighted by atomic mass is 16.6. The normalized spacial score (nSPS) is 36.2. The number of hydrogen-bond donors (Lipinski definition) is 0. The number of fused-ring (bicyclic) bond motifs is 12. The van der Waals surface area contributed by atoms with Gasteiger partial charge < -0.3 is 4.74 Å². The lowest BCUT2D eigenvalue weighted by Crippen LogP contribution is -2.50. The lowest BCUT2D eigenvalue weighted by molar-refractivity contribution is -0.384. The minimum atomic E-state index is -0.452. The van der Waals surface area contributed by atoms with Gasteiger partial charge in [-0.15, -0.1) is 0 Å². The number of carbonyl (C=O) groups is 1. The van der Waals surface area contributed by atoms with Crippen LogP contribution in [0.1, 0.15) is 59.0 Å². The molecule has 5 heteroatoms. The highest BCUT2D eigenvalue weighted by Crippen LogP contribution is 2.74. The van der Waals surface area contributed by atoms with Crippen molar-refractivity contribution < 1.29 is 14.5 Å². The summed E-state index contributed by atoms with van der Waals surface area (Å²) in [6.07, 6.45) is 4.64. The van der Waals surface area contributed by atoms with Crippen LogP contribution in [0.4, 0.5) is 5.69 Å². The Balaban J connectivity index is 1.38. The average Bonchev–Trinajstić information content (AvgIpc) is 3.46. The van der Waals surface area contributed by atoms with Crippen LogP contribution < -0.4 is 0 Å². The Morgan fingerprint density at radius 1 is 1.04 bits per heavy atom. The molecule has 0 saturated heterocycles. The molecule has 0 aliphatic heterocycles. The molecular weight excluding hydrogens is 354 g/mol. The van der Waals surface area contributed by atoms with E-state index in [1.54, 1.807) is 0 Å². The van der Waals surface area contributed by atoms with Gasteiger partial charge in [0, 0.05) is 29.9 Å². The van der Waals surface area contributed by atoms with E-state index in [9.17, 15) is 14.9 Å². The van der Waals surface area contributed by atoms with Crippen molar-refractivity contribution in [3.63, 3.8) is 0 Å². The molecule has 142 valence electrons. The Hall–Kier alpha value is -2.69. The molecule has 3 fully saturated rings. The molecule has 3 saturated carbocycles. The van der Waals surface area contributed by atoms with Crippen molar-refractivity contribution in [2.45, 2.75) is 43.1 Å². The predicted octanol–water partition coefficient (Wildman–Crippen LogP) is 4.82. The third kappa shape index (κ3) is 1.89. The second-order valence-electron chi connectivity index (χ2n) is 8.87. The number of esters is 1. The topological polar surface area (TPSA) is 69.4 Å². The van der Waals surface area contributed by atoms with Crippen molar-refractivity contribution in [1.29, 1.82) is 0 Å². The van der Waals surface area contributed by atoms with Crippen molar-refractivity contribution >= 4 is 11.7 Å². The molecule has 4 aliphatic carbocycles. The lowest BCUT2D eigenvalue weighted by atomic mass is 9.65. The Kier molecular flexibility index (Phi) is 3.16. The van der Waals surface area contributed by atoms with Gasteiger partial charge in [0.2, 0.25) is 0 Å². The van der Waals surface area contributed by atoms with Crippen molar-refractivity contribution in [2.75, 3.05) is 0 Å². The molecule has 2 aromatic rings. The minimum absolute atomic E-state index is 0.0126. The van der Waals surface area contributed by atoms with Crippen LogP contribution in [0.2, 0.25) is 0 Å². The fraction of sp³-hybridized carbons (Fsp3) is 0.435. The van der Waals surface area contributed by atoms with E-state index in [-0.39, 0.29) is 23.2 Å². The number of ether oxygens (including phenoxy) is 1. The lowest BCUT2D eigenvalue weighted by Gasteiger charge is -2.46. The molecule has 5 nitrogen and oxygen atoms in total. The van der Waals surface area contributed by atoms with Gasteiger partial charge in [-0.25, -0.2) is 4.79 Å². The van der Waals surface area contributed by atoms with Gasteiger partial charge in [0.15, 0.2) is 0 Å². The Morgan fingerprint density at radius 3 is 2.54 bits per heavy atom. The maximum absolute atomic E-state index is 13.1. The Morgan fingerprint density at radius 2 is 1.79 bits per heavy atom. The summed E-state index contributed by atoms with van der Waals surface area (Å²) < 4.78 is 6.43. The van der Waals surface area contributed by atoms with Gasteiger partial charge in [0.25, 0.3) is 5.69 Å². The molecule has 6 rings (SSSR count). The third-order valence-electron chi connectivity index (χ3n) is 7.96. The van der Waals surface area contributed by atoms with Crippen LogP contribution in [0, 0.1) is 27.9 Å². The van der Waals surface area contributed by atoms with Crippen molar-refractivity contribution in [3.8, 4) is 0 Å². The van der Waals surface area contributed by atoms with Gasteiger partial charge in [0.1, 0.15) is 5.60 Å². The average molecular weight is 375 g/mol. The van der Waals surface area contributed by atoms with Gasteiger partial charge in [-0.3, -0.25) is 10.1 Å². The standard InChI is InChI=1S/C23H21NO4/c25-22(13-6-9-16(10-7-13)24(26)27)28-23-15-8-5-14(11-15)21(23)19-12-20(23)18-4-2-1-3-17(18)19/h1-4,6-7,9-10,14-15,19-21H,5,8,11-12H2/t14-,15-,19-,20-,21-,23+/m1/s1. The van der Waals surface area contributed by atoms with Crippen LogP contribution in [-0.2, 0) is 4.74 Å². The molecule has 2 aromatic carbocycles. The number of benzene rings is 2. The van der Waals surface area contributed by atoms with E-state index in [1.807, 2.05) is 0 Å². The SMILES string of the molecule is O=C(O[C@]12[C@@H]3CC[C@H](C3)[C@@H]1[C@@H]1C[C@@H]2c2ccccc21)c1ccc([N+](=O)[O-])cc1. The van der Waals surface area contributed by atoms with E-state index >= 15 is 0 Å². The van der Waals surface area contributed by atoms with E-state index in [4.69, 9.17) is 4.74 Å². The second kappa shape index (κ2) is 5.43. The summed E-state index contributed by atoms with van der Waals surface area (Å²) in [5, 5.41) is 10.9. The Bertz CT molecular complexity index is 1000. The molecule has 0 heterocycles. The summed E-state index contributed by atoms with van der Waals surface area (Å²) in [6, 6.07) is 14.5. The van der Waals surface area contributed by atoms with E-state index in [0.29, 0.717) is 29.2 Å². The van der Waals surface area contributed by atoms with Crippen molar-refractivity contribution in [3.05, 3.63) is 75.3 Å². The van der Waals surface area contributed by atoms with Gasteiger partial charge in [0.05, 0.1) is 10.5 Å². The molecule has 0 radical (unpaired) electrons. The largest absolute Gasteiger partial charge is 0.454 e. The zero-order valence-electron chi connectivity index (χ0n) is 15.4. The predicted molar refractivity (Wildman–Crippen MR) is 102 cm³/mol. The molecular formula is C23H21NO4. The zero-order chi connectivity index (χ0) is 19.0. The van der Waals surface area contributed by atoms with E-state index < -0.39 is 4.92 Å². The quantitative estimate of drug-likeness (QED) is 0.334. The van der Waals surface area contributed by atoms with E-state index in [1.165, 1.54) is 48.2 Å². The molecule has 28 heavy (non-hydrogen) atoms. The number of nitro groups is 1. The summed E-state index contributed by atoms with van der Waals surface area (Å²) in [7, 11) is 0. The van der Waals surface area contributed by atoms with Gasteiger partial charge in [-0.2, -0.15) is 0 Å². The number of non-ortho nitro benzene ring substituents is 1. The third-order valence-corrected chi connectivity index (χ3v) is 7.96. The fourth-order valence-electron chi connectivity index (χ4n) is 7.16. The molecule has 6 atom stereocenters. The van der Waals surface area contributed by atoms with Gasteiger partial charge in [-0.05, 0) is 60.8 Å². The number of nitro benzene ring substituents is 1. The first-order chi connectivity index (χ1) is 13.6. The summed E-state index contributed by atoms with van der Waals surface area (Å²) in [5.74, 6) is 1.97. The molecule has 0 spiro atoms. The van der Waals surface area contributed by atoms with Crippen LogP contribution in [0.15, 0.2) is 48.5 Å². The minimum Gasteiger partial charge on any atom is -0.454 e. The smallest absolute Gasteiger partial charge is 0.338 e. The van der Waals surface area contributed by atoms with Crippen molar-refractivity contribution in [1.82, 2.24) is 0 Å². The maximum atomic E-state index is 13.1. The van der Waals surface area contributed by atoms with Crippen LogP contribution in [-0.4, -0.2) is 16.5 Å². The number of carbonyl (C=O) groups excluding carboxylic acids is 1. The summed E-state index contributed by atoms with van der Waals surface area (Å²) >= 11 is 0. The first kappa shape index (κ1) is 16.3. The molecule has 0 amide bonds.